The molecular weight excluding hydrogens is 356 g/mol. The predicted octanol–water partition coefficient (Wildman–Crippen LogP) is 3.53. The van der Waals surface area contributed by atoms with E-state index in [-0.39, 0.29) is 0 Å². The second kappa shape index (κ2) is 9.03. The minimum absolute atomic E-state index is 0.770. The molecule has 3 aromatic rings. The van der Waals surface area contributed by atoms with Crippen LogP contribution in [0.3, 0.4) is 0 Å². The van der Waals surface area contributed by atoms with E-state index in [2.05, 4.69) is 36.6 Å². The van der Waals surface area contributed by atoms with Crippen LogP contribution in [0.5, 0.6) is 0 Å². The summed E-state index contributed by atoms with van der Waals surface area (Å²) < 4.78 is 0. The van der Waals surface area contributed by atoms with Crippen LogP contribution in [0.25, 0.3) is 10.7 Å². The van der Waals surface area contributed by atoms with Gasteiger partial charge in [-0.05, 0) is 49.7 Å². The highest BCUT2D eigenvalue weighted by molar-refractivity contribution is 7.13. The zero-order valence-corrected chi connectivity index (χ0v) is 16.1. The van der Waals surface area contributed by atoms with Gasteiger partial charge in [0, 0.05) is 37.4 Å². The third kappa shape index (κ3) is 5.09. The highest BCUT2D eigenvalue weighted by Crippen LogP contribution is 2.22. The Bertz CT molecular complexity index is 828. The predicted molar refractivity (Wildman–Crippen MR) is 110 cm³/mol. The lowest BCUT2D eigenvalue weighted by atomic mass is 10.3. The van der Waals surface area contributed by atoms with Gasteiger partial charge < -0.3 is 15.5 Å². The number of aromatic nitrogens is 3. The first-order valence-corrected chi connectivity index (χ1v) is 10.3. The normalized spacial score (nSPS) is 14.5. The van der Waals surface area contributed by atoms with Crippen LogP contribution in [0, 0.1) is 0 Å². The number of anilines is 2. The van der Waals surface area contributed by atoms with E-state index < -0.39 is 0 Å². The number of nitrogens with zero attached hydrogens (tertiary/aromatic N) is 4. The summed E-state index contributed by atoms with van der Waals surface area (Å²) in [6.45, 7) is 5.50. The monoisotopic (exact) mass is 380 g/mol. The first kappa shape index (κ1) is 18.0. The van der Waals surface area contributed by atoms with Crippen LogP contribution in [0.15, 0.2) is 48.1 Å². The van der Waals surface area contributed by atoms with E-state index >= 15 is 0 Å². The molecule has 0 atom stereocenters. The van der Waals surface area contributed by atoms with Crippen LogP contribution >= 0.6 is 11.3 Å². The lowest BCUT2D eigenvalue weighted by molar-refractivity contribution is 0.335. The number of hydrogen-bond acceptors (Lipinski definition) is 7. The van der Waals surface area contributed by atoms with Crippen molar-refractivity contribution in [2.75, 3.05) is 31.5 Å². The Hall–Kier alpha value is -2.35. The van der Waals surface area contributed by atoms with Crippen molar-refractivity contribution in [2.45, 2.75) is 19.4 Å². The maximum absolute atomic E-state index is 4.61. The Morgan fingerprint density at radius 1 is 1.04 bits per heavy atom. The summed E-state index contributed by atoms with van der Waals surface area (Å²) in [6, 6.07) is 9.98. The van der Waals surface area contributed by atoms with Crippen LogP contribution in [0.4, 0.5) is 11.6 Å². The van der Waals surface area contributed by atoms with Gasteiger partial charge in [0.15, 0.2) is 0 Å². The van der Waals surface area contributed by atoms with Crippen molar-refractivity contribution in [3.8, 4) is 10.7 Å². The lowest BCUT2D eigenvalue weighted by Gasteiger charge is -2.14. The van der Waals surface area contributed by atoms with Crippen molar-refractivity contribution in [3.05, 3.63) is 53.7 Å². The van der Waals surface area contributed by atoms with Crippen molar-refractivity contribution in [2.24, 2.45) is 0 Å². The van der Waals surface area contributed by atoms with Gasteiger partial charge in [-0.25, -0.2) is 15.0 Å². The third-order valence-electron chi connectivity index (χ3n) is 4.61. The molecule has 0 aliphatic carbocycles. The SMILES string of the molecule is c1cc(Nc2ccc(CNCCN3CCCC3)cn2)nc(-c2nccs2)c1. The third-order valence-corrected chi connectivity index (χ3v) is 5.41. The Morgan fingerprint density at radius 2 is 1.96 bits per heavy atom. The van der Waals surface area contributed by atoms with Crippen LogP contribution in [0.2, 0.25) is 0 Å². The molecule has 1 saturated heterocycles. The molecule has 0 amide bonds. The zero-order valence-electron chi connectivity index (χ0n) is 15.3. The summed E-state index contributed by atoms with van der Waals surface area (Å²) in [6.07, 6.45) is 6.40. The smallest absolute Gasteiger partial charge is 0.141 e. The van der Waals surface area contributed by atoms with Gasteiger partial charge in [-0.15, -0.1) is 11.3 Å². The molecule has 3 aromatic heterocycles. The summed E-state index contributed by atoms with van der Waals surface area (Å²) >= 11 is 1.58. The van der Waals surface area contributed by atoms with E-state index in [0.29, 0.717) is 0 Å². The number of likely N-dealkylation sites (tertiary alicyclic amines) is 1. The van der Waals surface area contributed by atoms with E-state index in [1.54, 1.807) is 17.5 Å². The molecule has 0 spiro atoms. The average molecular weight is 381 g/mol. The van der Waals surface area contributed by atoms with Gasteiger partial charge in [0.1, 0.15) is 22.3 Å². The number of nitrogens with one attached hydrogen (secondary N) is 2. The lowest BCUT2D eigenvalue weighted by Crippen LogP contribution is -2.29. The van der Waals surface area contributed by atoms with E-state index in [1.165, 1.54) is 31.5 Å². The van der Waals surface area contributed by atoms with Crippen molar-refractivity contribution in [1.29, 1.82) is 0 Å². The number of thiazole rings is 1. The van der Waals surface area contributed by atoms with E-state index in [4.69, 9.17) is 0 Å². The minimum Gasteiger partial charge on any atom is -0.325 e. The first-order chi connectivity index (χ1) is 13.4. The topological polar surface area (TPSA) is 66.0 Å². The maximum Gasteiger partial charge on any atom is 0.141 e. The van der Waals surface area contributed by atoms with E-state index in [1.807, 2.05) is 35.8 Å². The van der Waals surface area contributed by atoms with Gasteiger partial charge >= 0.3 is 0 Å². The summed E-state index contributed by atoms with van der Waals surface area (Å²) in [5.74, 6) is 1.56. The van der Waals surface area contributed by atoms with Gasteiger partial charge in [0.25, 0.3) is 0 Å². The Kier molecular flexibility index (Phi) is 6.03. The van der Waals surface area contributed by atoms with Gasteiger partial charge in [0.05, 0.1) is 0 Å². The number of pyridine rings is 2. The average Bonchev–Trinajstić information content (AvgIpc) is 3.41. The first-order valence-electron chi connectivity index (χ1n) is 9.39. The summed E-state index contributed by atoms with van der Waals surface area (Å²) in [4.78, 5) is 15.9. The second-order valence-corrected chi connectivity index (χ2v) is 7.54. The molecule has 7 heteroatoms. The quantitative estimate of drug-likeness (QED) is 0.583. The molecule has 0 bridgehead atoms. The molecule has 6 nitrogen and oxygen atoms in total. The van der Waals surface area contributed by atoms with Gasteiger partial charge in [-0.2, -0.15) is 0 Å². The van der Waals surface area contributed by atoms with Crippen molar-refractivity contribution in [3.63, 3.8) is 0 Å². The molecule has 0 saturated carbocycles. The Morgan fingerprint density at radius 3 is 2.74 bits per heavy atom. The summed E-state index contributed by atoms with van der Waals surface area (Å²) in [5.41, 5.74) is 2.06. The molecule has 0 unspecified atom stereocenters. The van der Waals surface area contributed by atoms with Crippen molar-refractivity contribution < 1.29 is 0 Å². The molecule has 2 N–H and O–H groups in total. The minimum atomic E-state index is 0.770. The molecule has 1 fully saturated rings. The summed E-state index contributed by atoms with van der Waals surface area (Å²) in [7, 11) is 0. The number of rotatable bonds is 8. The molecule has 1 aliphatic rings. The van der Waals surface area contributed by atoms with E-state index in [9.17, 15) is 0 Å². The largest absolute Gasteiger partial charge is 0.325 e. The Balaban J connectivity index is 1.28. The molecule has 1 aliphatic heterocycles. The Labute approximate surface area is 163 Å². The molecule has 4 rings (SSSR count). The van der Waals surface area contributed by atoms with Crippen molar-refractivity contribution in [1.82, 2.24) is 25.2 Å². The van der Waals surface area contributed by atoms with Crippen LogP contribution in [-0.2, 0) is 6.54 Å². The highest BCUT2D eigenvalue weighted by atomic mass is 32.1. The molecular formula is C20H24N6S. The molecule has 140 valence electrons. The molecule has 4 heterocycles. The fourth-order valence-electron chi connectivity index (χ4n) is 3.18. The van der Waals surface area contributed by atoms with Crippen LogP contribution < -0.4 is 10.6 Å². The standard InChI is InChI=1S/C20H24N6S/c1-2-11-26(10-1)12-8-21-14-16-6-7-18(23-15-16)25-19-5-3-4-17(24-19)20-22-9-13-27-20/h3-7,9,13,15,21H,1-2,8,10-12,14H2,(H,23,24,25). The fraction of sp³-hybridized carbons (Fsp3) is 0.350. The molecule has 0 radical (unpaired) electrons. The van der Waals surface area contributed by atoms with Gasteiger partial charge in [-0.1, -0.05) is 12.1 Å². The molecule has 0 aromatic carbocycles. The fourth-order valence-corrected chi connectivity index (χ4v) is 3.79. The van der Waals surface area contributed by atoms with Crippen LogP contribution in [-0.4, -0.2) is 46.0 Å². The zero-order chi connectivity index (χ0) is 18.3. The van der Waals surface area contributed by atoms with Gasteiger partial charge in [0.2, 0.25) is 0 Å². The maximum atomic E-state index is 4.61. The number of hydrogen-bond donors (Lipinski definition) is 2. The molecule has 27 heavy (non-hydrogen) atoms. The van der Waals surface area contributed by atoms with E-state index in [0.717, 1.165) is 42.0 Å². The van der Waals surface area contributed by atoms with Crippen molar-refractivity contribution >= 4 is 23.0 Å². The highest BCUT2D eigenvalue weighted by Gasteiger charge is 2.10. The summed E-state index contributed by atoms with van der Waals surface area (Å²) in [5, 5.41) is 9.64. The van der Waals surface area contributed by atoms with Crippen LogP contribution in [0.1, 0.15) is 18.4 Å². The second-order valence-electron chi connectivity index (χ2n) is 6.65. The van der Waals surface area contributed by atoms with Gasteiger partial charge in [-0.3, -0.25) is 0 Å².